The van der Waals surface area contributed by atoms with Gasteiger partial charge >= 0.3 is 0 Å². The van der Waals surface area contributed by atoms with Crippen LogP contribution in [0, 0.1) is 5.41 Å². The van der Waals surface area contributed by atoms with Gasteiger partial charge in [0.25, 0.3) is 0 Å². The van der Waals surface area contributed by atoms with Crippen LogP contribution in [0.1, 0.15) is 46.6 Å². The van der Waals surface area contributed by atoms with Gasteiger partial charge in [0, 0.05) is 19.1 Å². The summed E-state index contributed by atoms with van der Waals surface area (Å²) in [5.74, 6) is 0. The molecule has 0 saturated carbocycles. The van der Waals surface area contributed by atoms with Crippen LogP contribution < -0.4 is 10.0 Å². The van der Waals surface area contributed by atoms with Crippen molar-refractivity contribution in [3.05, 3.63) is 17.0 Å². The average Bonchev–Trinajstić information content (AvgIpc) is 2.84. The smallest absolute Gasteiger partial charge is 0.250 e. The first-order valence-electron chi connectivity index (χ1n) is 6.97. The van der Waals surface area contributed by atoms with Crippen molar-refractivity contribution in [1.29, 1.82) is 0 Å². The Kier molecular flexibility index (Phi) is 6.19. The minimum Gasteiger partial charge on any atom is -0.310 e. The van der Waals surface area contributed by atoms with Gasteiger partial charge in [-0.25, -0.2) is 13.1 Å². The van der Waals surface area contributed by atoms with Crippen molar-refractivity contribution in [2.24, 2.45) is 5.41 Å². The fraction of sp³-hybridized carbons (Fsp3) is 0.714. The van der Waals surface area contributed by atoms with E-state index in [4.69, 9.17) is 0 Å². The van der Waals surface area contributed by atoms with Crippen molar-refractivity contribution in [2.75, 3.05) is 6.54 Å². The molecular weight excluding hydrogens is 292 g/mol. The molecule has 1 heterocycles. The van der Waals surface area contributed by atoms with Crippen LogP contribution in [0.3, 0.4) is 0 Å². The highest BCUT2D eigenvalue weighted by Crippen LogP contribution is 2.23. The Bertz CT molecular complexity index is 519. The van der Waals surface area contributed by atoms with Gasteiger partial charge in [0.1, 0.15) is 4.21 Å². The Morgan fingerprint density at radius 3 is 2.55 bits per heavy atom. The van der Waals surface area contributed by atoms with Crippen LogP contribution in [0.5, 0.6) is 0 Å². The van der Waals surface area contributed by atoms with Crippen molar-refractivity contribution in [1.82, 2.24) is 10.0 Å². The second-order valence-electron chi connectivity index (χ2n) is 6.15. The van der Waals surface area contributed by atoms with Crippen molar-refractivity contribution >= 4 is 21.4 Å². The Morgan fingerprint density at radius 1 is 1.35 bits per heavy atom. The van der Waals surface area contributed by atoms with Crippen LogP contribution in [0.4, 0.5) is 0 Å². The van der Waals surface area contributed by atoms with E-state index in [0.29, 0.717) is 23.3 Å². The number of nitrogens with one attached hydrogen (secondary N) is 2. The van der Waals surface area contributed by atoms with E-state index in [1.165, 1.54) is 11.3 Å². The fourth-order valence-electron chi connectivity index (χ4n) is 1.40. The van der Waals surface area contributed by atoms with Gasteiger partial charge in [-0.2, -0.15) is 0 Å². The van der Waals surface area contributed by atoms with Crippen molar-refractivity contribution in [2.45, 2.75) is 57.8 Å². The van der Waals surface area contributed by atoms with Gasteiger partial charge in [-0.1, -0.05) is 34.6 Å². The lowest BCUT2D eigenvalue weighted by Crippen LogP contribution is -2.33. The van der Waals surface area contributed by atoms with Crippen LogP contribution in [0.2, 0.25) is 0 Å². The SMILES string of the molecule is CCC(C)(C)CNS(=O)(=O)c1cc(CNC(C)C)cs1. The molecule has 0 atom stereocenters. The van der Waals surface area contributed by atoms with Crippen LogP contribution in [-0.4, -0.2) is 21.0 Å². The first kappa shape index (κ1) is 17.6. The molecule has 0 radical (unpaired) electrons. The third-order valence-electron chi connectivity index (χ3n) is 3.31. The lowest BCUT2D eigenvalue weighted by molar-refractivity contribution is 0.350. The van der Waals surface area contributed by atoms with Gasteiger partial charge in [-0.3, -0.25) is 0 Å². The molecule has 4 nitrogen and oxygen atoms in total. The van der Waals surface area contributed by atoms with Gasteiger partial charge in [0.05, 0.1) is 0 Å². The molecule has 0 aliphatic rings. The average molecular weight is 319 g/mol. The summed E-state index contributed by atoms with van der Waals surface area (Å²) in [6.07, 6.45) is 0.934. The highest BCUT2D eigenvalue weighted by Gasteiger charge is 2.22. The molecule has 0 amide bonds. The largest absolute Gasteiger partial charge is 0.310 e. The molecule has 0 aliphatic heterocycles. The molecule has 0 aliphatic carbocycles. The summed E-state index contributed by atoms with van der Waals surface area (Å²) in [4.78, 5) is 0. The summed E-state index contributed by atoms with van der Waals surface area (Å²) in [6.45, 7) is 11.5. The van der Waals surface area contributed by atoms with Gasteiger partial charge < -0.3 is 5.32 Å². The predicted molar refractivity (Wildman–Crippen MR) is 85.6 cm³/mol. The van der Waals surface area contributed by atoms with Crippen LogP contribution in [0.15, 0.2) is 15.7 Å². The minimum atomic E-state index is -3.38. The van der Waals surface area contributed by atoms with Gasteiger partial charge in [0.15, 0.2) is 0 Å². The van der Waals surface area contributed by atoms with Crippen molar-refractivity contribution in [3.63, 3.8) is 0 Å². The molecule has 0 unspecified atom stereocenters. The molecule has 2 N–H and O–H groups in total. The molecule has 0 bridgehead atoms. The molecule has 1 rings (SSSR count). The van der Waals surface area contributed by atoms with E-state index in [9.17, 15) is 8.42 Å². The number of hydrogen-bond acceptors (Lipinski definition) is 4. The number of hydrogen-bond donors (Lipinski definition) is 2. The third-order valence-corrected chi connectivity index (χ3v) is 6.20. The third kappa shape index (κ3) is 5.52. The second kappa shape index (κ2) is 7.02. The highest BCUT2D eigenvalue weighted by atomic mass is 32.2. The Labute approximate surface area is 127 Å². The molecule has 0 saturated heterocycles. The molecule has 6 heteroatoms. The summed E-state index contributed by atoms with van der Waals surface area (Å²) in [5, 5.41) is 5.18. The molecule has 1 aromatic rings. The molecule has 0 spiro atoms. The molecular formula is C14H26N2O2S2. The monoisotopic (exact) mass is 318 g/mol. The van der Waals surface area contributed by atoms with E-state index in [2.05, 4.69) is 44.7 Å². The maximum absolute atomic E-state index is 12.2. The van der Waals surface area contributed by atoms with Gasteiger partial charge in [-0.15, -0.1) is 11.3 Å². The Morgan fingerprint density at radius 2 is 2.00 bits per heavy atom. The topological polar surface area (TPSA) is 58.2 Å². The normalized spacial score (nSPS) is 13.1. The maximum Gasteiger partial charge on any atom is 0.250 e. The Balaban J connectivity index is 2.69. The number of thiophene rings is 1. The molecule has 1 aromatic heterocycles. The van der Waals surface area contributed by atoms with Crippen molar-refractivity contribution < 1.29 is 8.42 Å². The second-order valence-corrected chi connectivity index (χ2v) is 9.06. The lowest BCUT2D eigenvalue weighted by atomic mass is 9.91. The van der Waals surface area contributed by atoms with E-state index in [-0.39, 0.29) is 5.41 Å². The summed E-state index contributed by atoms with van der Waals surface area (Å²) in [7, 11) is -3.38. The predicted octanol–water partition coefficient (Wildman–Crippen LogP) is 2.96. The van der Waals surface area contributed by atoms with Crippen molar-refractivity contribution in [3.8, 4) is 0 Å². The van der Waals surface area contributed by atoms with E-state index in [1.54, 1.807) is 6.07 Å². The van der Waals surface area contributed by atoms with Crippen LogP contribution in [-0.2, 0) is 16.6 Å². The first-order chi connectivity index (χ1) is 9.16. The zero-order valence-electron chi connectivity index (χ0n) is 13.0. The summed E-state index contributed by atoms with van der Waals surface area (Å²) < 4.78 is 27.6. The number of rotatable bonds is 8. The molecule has 116 valence electrons. The van der Waals surface area contributed by atoms with E-state index < -0.39 is 10.0 Å². The van der Waals surface area contributed by atoms with Gasteiger partial charge in [-0.05, 0) is 28.8 Å². The molecule has 0 fully saturated rings. The molecule has 0 aromatic carbocycles. The van der Waals surface area contributed by atoms with E-state index in [0.717, 1.165) is 12.0 Å². The zero-order valence-corrected chi connectivity index (χ0v) is 14.6. The van der Waals surface area contributed by atoms with E-state index >= 15 is 0 Å². The zero-order chi connectivity index (χ0) is 15.4. The highest BCUT2D eigenvalue weighted by molar-refractivity contribution is 7.91. The summed E-state index contributed by atoms with van der Waals surface area (Å²) in [6, 6.07) is 2.14. The summed E-state index contributed by atoms with van der Waals surface area (Å²) >= 11 is 1.28. The van der Waals surface area contributed by atoms with Crippen LogP contribution >= 0.6 is 11.3 Å². The van der Waals surface area contributed by atoms with E-state index in [1.807, 2.05) is 5.38 Å². The quantitative estimate of drug-likeness (QED) is 0.775. The standard InChI is InChI=1S/C14H26N2O2S2/c1-6-14(4,5)10-16-20(17,18)13-7-12(9-19-13)8-15-11(2)3/h7,9,11,15-16H,6,8,10H2,1-5H3. The Hall–Kier alpha value is -0.430. The fourth-order valence-corrected chi connectivity index (χ4v) is 3.89. The maximum atomic E-state index is 12.2. The minimum absolute atomic E-state index is 0.0215. The molecule has 20 heavy (non-hydrogen) atoms. The van der Waals surface area contributed by atoms with Gasteiger partial charge in [0.2, 0.25) is 10.0 Å². The first-order valence-corrected chi connectivity index (χ1v) is 9.33. The lowest BCUT2D eigenvalue weighted by Gasteiger charge is -2.22. The van der Waals surface area contributed by atoms with Crippen LogP contribution in [0.25, 0.3) is 0 Å². The summed E-state index contributed by atoms with van der Waals surface area (Å²) in [5.41, 5.74) is 0.991. The number of sulfonamides is 1.